The van der Waals surface area contributed by atoms with Crippen LogP contribution in [0.3, 0.4) is 0 Å². The number of anilines is 1. The molecule has 2 aliphatic heterocycles. The predicted molar refractivity (Wildman–Crippen MR) is 124 cm³/mol. The third-order valence-electron chi connectivity index (χ3n) is 7.14. The topological polar surface area (TPSA) is 75.4 Å². The lowest BCUT2D eigenvalue weighted by molar-refractivity contribution is 0.243. The van der Waals surface area contributed by atoms with E-state index in [0.29, 0.717) is 29.9 Å². The van der Waals surface area contributed by atoms with Gasteiger partial charge in [0.1, 0.15) is 28.5 Å². The standard InChI is InChI=1S/C25H27F2N3O3S/c1-16-23(9-10-24(25(16)27)34(31,32)15-18-11-12-33-29-18)28-13-21-17(3-2-4-22(21)26)14-30-19-5-6-20(30)8-7-19/h2-4,9-12,19-20,28H,5-8,13-15H2,1H3. The molecule has 9 heteroatoms. The summed E-state index contributed by atoms with van der Waals surface area (Å²) in [4.78, 5) is 2.09. The van der Waals surface area contributed by atoms with Gasteiger partial charge in [-0.2, -0.15) is 0 Å². The van der Waals surface area contributed by atoms with Crippen molar-refractivity contribution in [3.63, 3.8) is 0 Å². The zero-order valence-corrected chi connectivity index (χ0v) is 19.7. The van der Waals surface area contributed by atoms with Gasteiger partial charge in [-0.3, -0.25) is 4.90 Å². The highest BCUT2D eigenvalue weighted by atomic mass is 32.2. The number of aromatic nitrogens is 1. The van der Waals surface area contributed by atoms with Crippen LogP contribution in [0.5, 0.6) is 0 Å². The van der Waals surface area contributed by atoms with Gasteiger partial charge < -0.3 is 9.84 Å². The smallest absolute Gasteiger partial charge is 0.187 e. The van der Waals surface area contributed by atoms with Crippen LogP contribution in [0.1, 0.15) is 48.1 Å². The fourth-order valence-electron chi connectivity index (χ4n) is 5.28. The maximum Gasteiger partial charge on any atom is 0.187 e. The second-order valence-electron chi connectivity index (χ2n) is 9.17. The van der Waals surface area contributed by atoms with Crippen LogP contribution in [0.2, 0.25) is 0 Å². The van der Waals surface area contributed by atoms with Gasteiger partial charge in [0.25, 0.3) is 0 Å². The van der Waals surface area contributed by atoms with E-state index in [4.69, 9.17) is 0 Å². The van der Waals surface area contributed by atoms with Crippen molar-refractivity contribution in [2.45, 2.75) is 68.4 Å². The summed E-state index contributed by atoms with van der Waals surface area (Å²) in [7, 11) is -3.94. The second-order valence-corrected chi connectivity index (χ2v) is 11.1. The summed E-state index contributed by atoms with van der Waals surface area (Å²) in [5.41, 5.74) is 2.27. The number of halogens is 2. The number of hydrogen-bond donors (Lipinski definition) is 1. The Morgan fingerprint density at radius 1 is 1.09 bits per heavy atom. The molecule has 0 saturated carbocycles. The Morgan fingerprint density at radius 2 is 1.82 bits per heavy atom. The van der Waals surface area contributed by atoms with Crippen molar-refractivity contribution in [2.24, 2.45) is 0 Å². The molecule has 5 rings (SSSR count). The van der Waals surface area contributed by atoms with Crippen molar-refractivity contribution in [1.82, 2.24) is 10.1 Å². The molecule has 3 aromatic rings. The van der Waals surface area contributed by atoms with Gasteiger partial charge in [-0.25, -0.2) is 17.2 Å². The third-order valence-corrected chi connectivity index (χ3v) is 8.81. The van der Waals surface area contributed by atoms with Crippen molar-refractivity contribution in [1.29, 1.82) is 0 Å². The second kappa shape index (κ2) is 9.11. The zero-order chi connectivity index (χ0) is 23.9. The van der Waals surface area contributed by atoms with Crippen molar-refractivity contribution < 1.29 is 21.7 Å². The lowest BCUT2D eigenvalue weighted by Crippen LogP contribution is -2.28. The monoisotopic (exact) mass is 487 g/mol. The van der Waals surface area contributed by atoms with Gasteiger partial charge in [0.05, 0.1) is 5.69 Å². The maximum absolute atomic E-state index is 15.1. The number of nitrogens with zero attached hydrogens (tertiary/aromatic N) is 2. The molecule has 2 aliphatic rings. The molecular weight excluding hydrogens is 460 g/mol. The van der Waals surface area contributed by atoms with Crippen LogP contribution in [0, 0.1) is 18.6 Å². The Bertz CT molecular complexity index is 1270. The minimum absolute atomic E-state index is 0.164. The molecule has 1 N–H and O–H groups in total. The summed E-state index contributed by atoms with van der Waals surface area (Å²) in [6, 6.07) is 10.5. The summed E-state index contributed by atoms with van der Waals surface area (Å²) in [5.74, 6) is -1.58. The molecule has 0 amide bonds. The van der Waals surface area contributed by atoms with E-state index in [9.17, 15) is 12.8 Å². The highest BCUT2D eigenvalue weighted by molar-refractivity contribution is 7.90. The minimum atomic E-state index is -3.94. The Kier molecular flexibility index (Phi) is 6.16. The summed E-state index contributed by atoms with van der Waals surface area (Å²) in [5, 5.41) is 6.72. The van der Waals surface area contributed by atoms with E-state index in [1.807, 2.05) is 6.07 Å². The van der Waals surface area contributed by atoms with Crippen LogP contribution in [0.25, 0.3) is 0 Å². The SMILES string of the molecule is Cc1c(NCc2c(F)cccc2CN2C3CCC2CC3)ccc(S(=O)(=O)Cc2ccon2)c1F. The molecule has 2 aromatic carbocycles. The summed E-state index contributed by atoms with van der Waals surface area (Å²) < 4.78 is 59.9. The number of rotatable bonds is 8. The van der Waals surface area contributed by atoms with Crippen molar-refractivity contribution in [2.75, 3.05) is 5.32 Å². The fraction of sp³-hybridized carbons (Fsp3) is 0.400. The molecule has 180 valence electrons. The van der Waals surface area contributed by atoms with E-state index >= 15 is 4.39 Å². The average molecular weight is 488 g/mol. The highest BCUT2D eigenvalue weighted by Gasteiger charge is 2.39. The number of fused-ring (bicyclic) bond motifs is 2. The molecule has 2 bridgehead atoms. The van der Waals surface area contributed by atoms with E-state index in [1.54, 1.807) is 6.07 Å². The van der Waals surface area contributed by atoms with E-state index in [0.717, 1.165) is 5.56 Å². The van der Waals surface area contributed by atoms with Crippen molar-refractivity contribution in [3.05, 3.63) is 76.7 Å². The van der Waals surface area contributed by atoms with Gasteiger partial charge in [-0.1, -0.05) is 17.3 Å². The van der Waals surface area contributed by atoms with E-state index in [2.05, 4.69) is 19.9 Å². The normalized spacial score (nSPS) is 20.2. The van der Waals surface area contributed by atoms with Gasteiger partial charge in [0.15, 0.2) is 9.84 Å². The van der Waals surface area contributed by atoms with Gasteiger partial charge in [-0.15, -0.1) is 0 Å². The molecule has 34 heavy (non-hydrogen) atoms. The van der Waals surface area contributed by atoms with Gasteiger partial charge in [-0.05, 0) is 56.4 Å². The zero-order valence-electron chi connectivity index (χ0n) is 18.9. The van der Waals surface area contributed by atoms with Crippen molar-refractivity contribution >= 4 is 15.5 Å². The highest BCUT2D eigenvalue weighted by Crippen LogP contribution is 2.39. The number of benzene rings is 2. The Morgan fingerprint density at radius 3 is 2.50 bits per heavy atom. The Labute approximate surface area is 197 Å². The van der Waals surface area contributed by atoms with E-state index < -0.39 is 26.3 Å². The quantitative estimate of drug-likeness (QED) is 0.483. The molecule has 6 nitrogen and oxygen atoms in total. The van der Waals surface area contributed by atoms with Crippen molar-refractivity contribution in [3.8, 4) is 0 Å². The molecule has 0 spiro atoms. The first kappa shape index (κ1) is 23.0. The Balaban J connectivity index is 1.34. The van der Waals surface area contributed by atoms with Crippen LogP contribution in [0.4, 0.5) is 14.5 Å². The van der Waals surface area contributed by atoms with E-state index in [1.165, 1.54) is 63.1 Å². The molecule has 0 atom stereocenters. The van der Waals surface area contributed by atoms with Crippen LogP contribution in [-0.4, -0.2) is 30.6 Å². The number of sulfone groups is 1. The van der Waals surface area contributed by atoms with Gasteiger partial charge in [0, 0.05) is 48.1 Å². The van der Waals surface area contributed by atoms with E-state index in [-0.39, 0.29) is 23.6 Å². The van der Waals surface area contributed by atoms with Gasteiger partial charge in [0.2, 0.25) is 0 Å². The third kappa shape index (κ3) is 4.34. The predicted octanol–water partition coefficient (Wildman–Crippen LogP) is 4.97. The molecule has 0 radical (unpaired) electrons. The summed E-state index contributed by atoms with van der Waals surface area (Å²) in [6.07, 6.45) is 6.09. The van der Waals surface area contributed by atoms with Crippen LogP contribution < -0.4 is 5.32 Å². The molecule has 2 fully saturated rings. The maximum atomic E-state index is 15.1. The lowest BCUT2D eigenvalue weighted by Gasteiger charge is -2.23. The molecule has 0 aliphatic carbocycles. The summed E-state index contributed by atoms with van der Waals surface area (Å²) >= 11 is 0. The van der Waals surface area contributed by atoms with Gasteiger partial charge >= 0.3 is 0 Å². The molecular formula is C25H27F2N3O3S. The first-order valence-corrected chi connectivity index (χ1v) is 13.2. The minimum Gasteiger partial charge on any atom is -0.381 e. The largest absolute Gasteiger partial charge is 0.381 e. The first-order chi connectivity index (χ1) is 16.3. The van der Waals surface area contributed by atoms with Crippen LogP contribution >= 0.6 is 0 Å². The summed E-state index contributed by atoms with van der Waals surface area (Å²) in [6.45, 7) is 2.39. The molecule has 1 aromatic heterocycles. The number of hydrogen-bond acceptors (Lipinski definition) is 6. The molecule has 0 unspecified atom stereocenters. The fourth-order valence-corrected chi connectivity index (χ4v) is 6.68. The first-order valence-electron chi connectivity index (χ1n) is 11.5. The average Bonchev–Trinajstić information content (AvgIpc) is 3.54. The number of nitrogens with one attached hydrogen (secondary N) is 1. The molecule has 2 saturated heterocycles. The molecule has 3 heterocycles. The lowest BCUT2D eigenvalue weighted by atomic mass is 10.0. The Hall–Kier alpha value is -2.78. The van der Waals surface area contributed by atoms with Crippen LogP contribution in [0.15, 0.2) is 52.1 Å². The van der Waals surface area contributed by atoms with Crippen LogP contribution in [-0.2, 0) is 28.7 Å².